The monoisotopic (exact) mass is 516 g/mol. The summed E-state index contributed by atoms with van der Waals surface area (Å²) in [5, 5.41) is 2.96. The Kier molecular flexibility index (Phi) is 6.74. The van der Waals surface area contributed by atoms with Gasteiger partial charge in [0.2, 0.25) is 5.91 Å². The van der Waals surface area contributed by atoms with Crippen LogP contribution in [0.1, 0.15) is 24.8 Å². The lowest BCUT2D eigenvalue weighted by Gasteiger charge is -2.28. The zero-order valence-corrected chi connectivity index (χ0v) is 21.2. The van der Waals surface area contributed by atoms with Gasteiger partial charge in [-0.05, 0) is 49.4 Å². The first kappa shape index (κ1) is 25.3. The number of anilines is 1. The number of amides is 1. The summed E-state index contributed by atoms with van der Waals surface area (Å²) in [5.74, 6) is 0.863. The van der Waals surface area contributed by atoms with E-state index in [9.17, 15) is 18.0 Å². The van der Waals surface area contributed by atoms with Crippen molar-refractivity contribution >= 4 is 22.8 Å². The number of halogens is 3. The van der Waals surface area contributed by atoms with Gasteiger partial charge in [0, 0.05) is 39.3 Å². The number of benzene rings is 1. The largest absolute Gasteiger partial charge is 0.491 e. The Morgan fingerprint density at radius 3 is 2.76 bits per heavy atom. The number of alkyl halides is 3. The third kappa shape index (κ3) is 5.09. The minimum atomic E-state index is -4.62. The summed E-state index contributed by atoms with van der Waals surface area (Å²) in [7, 11) is 5.16. The summed E-state index contributed by atoms with van der Waals surface area (Å²) in [6.45, 7) is 1.47. The summed E-state index contributed by atoms with van der Waals surface area (Å²) >= 11 is 0. The summed E-state index contributed by atoms with van der Waals surface area (Å²) in [5.41, 5.74) is 1.20. The molecule has 2 unspecified atom stereocenters. The van der Waals surface area contributed by atoms with E-state index in [1.165, 1.54) is 17.4 Å². The van der Waals surface area contributed by atoms with Crippen LogP contribution in [-0.4, -0.2) is 76.6 Å². The van der Waals surface area contributed by atoms with Crippen LogP contribution in [0.3, 0.4) is 0 Å². The van der Waals surface area contributed by atoms with Crippen LogP contribution in [0.15, 0.2) is 30.6 Å². The van der Waals surface area contributed by atoms with Crippen LogP contribution in [0.2, 0.25) is 0 Å². The van der Waals surface area contributed by atoms with E-state index in [4.69, 9.17) is 4.74 Å². The fraction of sp³-hybridized carbons (Fsp3) is 0.500. The standard InChI is InChI=1S/C26H31F3N6O2/c1-30-25-24-21(34(3)15-31-24)12-20(32-25)17-5-7-22(19(11-17)26(27,28)29)37-9-8-33(2)23(36)14-35-13-16-4-6-18(35)10-16/h5,7,11-12,15-16,18H,4,6,8-10,13-14H2,1-3H3,(H,30,32). The number of piperidine rings is 1. The number of likely N-dealkylation sites (N-methyl/N-ethyl adjacent to an activating group) is 1. The van der Waals surface area contributed by atoms with Crippen LogP contribution < -0.4 is 10.1 Å². The van der Waals surface area contributed by atoms with Crippen molar-refractivity contribution in [3.63, 3.8) is 0 Å². The number of aryl methyl sites for hydroxylation is 1. The molecule has 3 heterocycles. The molecule has 1 saturated heterocycles. The molecule has 8 nitrogen and oxygen atoms in total. The second-order valence-corrected chi connectivity index (χ2v) is 9.96. The van der Waals surface area contributed by atoms with Gasteiger partial charge in [-0.15, -0.1) is 0 Å². The molecule has 198 valence electrons. The van der Waals surface area contributed by atoms with Crippen LogP contribution in [-0.2, 0) is 18.0 Å². The van der Waals surface area contributed by atoms with Crippen molar-refractivity contribution < 1.29 is 22.7 Å². The fourth-order valence-electron chi connectivity index (χ4n) is 5.42. The number of hydrogen-bond acceptors (Lipinski definition) is 6. The Morgan fingerprint density at radius 2 is 2.08 bits per heavy atom. The van der Waals surface area contributed by atoms with Crippen molar-refractivity contribution in [1.82, 2.24) is 24.3 Å². The molecule has 37 heavy (non-hydrogen) atoms. The molecule has 1 N–H and O–H groups in total. The predicted molar refractivity (Wildman–Crippen MR) is 134 cm³/mol. The highest BCUT2D eigenvalue weighted by Gasteiger charge is 2.38. The minimum Gasteiger partial charge on any atom is -0.491 e. The summed E-state index contributed by atoms with van der Waals surface area (Å²) in [6, 6.07) is 6.13. The highest BCUT2D eigenvalue weighted by Crippen LogP contribution is 2.39. The highest BCUT2D eigenvalue weighted by atomic mass is 19.4. The van der Waals surface area contributed by atoms with Crippen molar-refractivity contribution in [1.29, 1.82) is 0 Å². The van der Waals surface area contributed by atoms with Crippen molar-refractivity contribution in [3.8, 4) is 17.0 Å². The third-order valence-electron chi connectivity index (χ3n) is 7.50. The molecule has 1 amide bonds. The Morgan fingerprint density at radius 1 is 1.27 bits per heavy atom. The van der Waals surface area contributed by atoms with Crippen LogP contribution in [0.25, 0.3) is 22.3 Å². The number of likely N-dealkylation sites (tertiary alicyclic amines) is 1. The van der Waals surface area contributed by atoms with Gasteiger partial charge in [0.15, 0.2) is 5.82 Å². The smallest absolute Gasteiger partial charge is 0.419 e. The molecule has 1 aromatic carbocycles. The first-order valence-electron chi connectivity index (χ1n) is 12.5. The van der Waals surface area contributed by atoms with Crippen molar-refractivity contribution in [2.24, 2.45) is 13.0 Å². The molecule has 1 aliphatic heterocycles. The number of imidazole rings is 1. The van der Waals surface area contributed by atoms with E-state index in [0.29, 0.717) is 41.1 Å². The lowest BCUT2D eigenvalue weighted by atomic mass is 10.1. The Bertz CT molecular complexity index is 1310. The fourth-order valence-corrected chi connectivity index (χ4v) is 5.42. The molecule has 11 heteroatoms. The van der Waals surface area contributed by atoms with Gasteiger partial charge < -0.3 is 19.5 Å². The summed E-state index contributed by atoms with van der Waals surface area (Å²) in [4.78, 5) is 25.2. The number of rotatable bonds is 8. The highest BCUT2D eigenvalue weighted by molar-refractivity contribution is 5.89. The van der Waals surface area contributed by atoms with Gasteiger partial charge >= 0.3 is 6.18 Å². The normalized spacial score (nSPS) is 19.5. The molecule has 2 fully saturated rings. The average molecular weight is 517 g/mol. The number of carbonyl (C=O) groups excluding carboxylic acids is 1. The van der Waals surface area contributed by atoms with Gasteiger partial charge in [0.1, 0.15) is 17.9 Å². The predicted octanol–water partition coefficient (Wildman–Crippen LogP) is 4.02. The molecular formula is C26H31F3N6O2. The summed E-state index contributed by atoms with van der Waals surface area (Å²) < 4.78 is 49.3. The topological polar surface area (TPSA) is 75.5 Å². The van der Waals surface area contributed by atoms with Crippen LogP contribution in [0, 0.1) is 5.92 Å². The van der Waals surface area contributed by atoms with Crippen molar-refractivity contribution in [3.05, 3.63) is 36.2 Å². The third-order valence-corrected chi connectivity index (χ3v) is 7.50. The zero-order valence-electron chi connectivity index (χ0n) is 21.2. The molecule has 1 saturated carbocycles. The van der Waals surface area contributed by atoms with Crippen LogP contribution in [0.4, 0.5) is 19.0 Å². The van der Waals surface area contributed by atoms with Gasteiger partial charge in [-0.1, -0.05) is 0 Å². The first-order chi connectivity index (χ1) is 17.6. The van der Waals surface area contributed by atoms with Crippen LogP contribution >= 0.6 is 0 Å². The van der Waals surface area contributed by atoms with Gasteiger partial charge in [-0.25, -0.2) is 9.97 Å². The maximum atomic E-state index is 14.0. The van der Waals surface area contributed by atoms with E-state index in [2.05, 4.69) is 20.2 Å². The Hall–Kier alpha value is -3.34. The zero-order chi connectivity index (χ0) is 26.3. The van der Waals surface area contributed by atoms with E-state index < -0.39 is 11.7 Å². The first-order valence-corrected chi connectivity index (χ1v) is 12.5. The molecular weight excluding hydrogens is 485 g/mol. The Balaban J connectivity index is 1.28. The van der Waals surface area contributed by atoms with E-state index in [-0.39, 0.29) is 24.8 Å². The van der Waals surface area contributed by atoms with Crippen molar-refractivity contribution in [2.45, 2.75) is 31.5 Å². The number of nitrogens with zero attached hydrogens (tertiary/aromatic N) is 5. The van der Waals surface area contributed by atoms with Gasteiger partial charge in [-0.2, -0.15) is 13.2 Å². The molecule has 2 aromatic heterocycles. The van der Waals surface area contributed by atoms with E-state index in [0.717, 1.165) is 31.0 Å². The summed E-state index contributed by atoms with van der Waals surface area (Å²) in [6.07, 6.45) is 0.557. The number of nitrogens with one attached hydrogen (secondary N) is 1. The number of pyridine rings is 1. The molecule has 1 aliphatic carbocycles. The van der Waals surface area contributed by atoms with Gasteiger partial charge in [-0.3, -0.25) is 9.69 Å². The lowest BCUT2D eigenvalue weighted by molar-refractivity contribution is -0.139. The quantitative estimate of drug-likeness (QED) is 0.488. The molecule has 5 rings (SSSR count). The molecule has 3 aromatic rings. The number of aromatic nitrogens is 3. The molecule has 0 spiro atoms. The van der Waals surface area contributed by atoms with E-state index in [1.54, 1.807) is 37.1 Å². The molecule has 0 radical (unpaired) electrons. The Labute approximate surface area is 213 Å². The molecule has 2 atom stereocenters. The maximum absolute atomic E-state index is 14.0. The van der Waals surface area contributed by atoms with Gasteiger partial charge in [0.05, 0.1) is 36.2 Å². The van der Waals surface area contributed by atoms with Crippen molar-refractivity contribution in [2.75, 3.05) is 45.7 Å². The number of fused-ring (bicyclic) bond motifs is 3. The lowest BCUT2D eigenvalue weighted by Crippen LogP contribution is -2.43. The van der Waals surface area contributed by atoms with Crippen LogP contribution in [0.5, 0.6) is 5.75 Å². The maximum Gasteiger partial charge on any atom is 0.419 e. The van der Waals surface area contributed by atoms with E-state index >= 15 is 0 Å². The second kappa shape index (κ2) is 9.85. The SMILES string of the molecule is CNc1nc(-c2ccc(OCCN(C)C(=O)CN3CC4CCC3C4)c(C(F)(F)F)c2)cc2c1ncn2C. The second-order valence-electron chi connectivity index (χ2n) is 9.96. The number of ether oxygens (including phenoxy) is 1. The minimum absolute atomic E-state index is 0.0418. The average Bonchev–Trinajstić information content (AvgIpc) is 3.59. The number of hydrogen-bond donors (Lipinski definition) is 1. The molecule has 2 aliphatic rings. The van der Waals surface area contributed by atoms with Gasteiger partial charge in [0.25, 0.3) is 0 Å². The van der Waals surface area contributed by atoms with E-state index in [1.807, 2.05) is 7.05 Å². The number of carbonyl (C=O) groups is 1. The molecule has 2 bridgehead atoms.